The Balaban J connectivity index is 1.55. The number of aryl methyl sites for hydroxylation is 1. The number of ether oxygens (including phenoxy) is 1. The number of sulfonamides is 1. The first-order valence-corrected chi connectivity index (χ1v) is 10.5. The van der Waals surface area contributed by atoms with Crippen molar-refractivity contribution in [1.82, 2.24) is 19.5 Å². The lowest BCUT2D eigenvalue weighted by molar-refractivity contribution is -0.0498. The van der Waals surface area contributed by atoms with Crippen molar-refractivity contribution in [2.75, 3.05) is 13.1 Å². The number of hydrogen-bond acceptors (Lipinski definition) is 5. The predicted octanol–water partition coefficient (Wildman–Crippen LogP) is 2.90. The van der Waals surface area contributed by atoms with Gasteiger partial charge in [-0.1, -0.05) is 6.07 Å². The number of nitrogens with one attached hydrogen (secondary N) is 1. The van der Waals surface area contributed by atoms with E-state index in [1.54, 1.807) is 18.2 Å². The number of rotatable bonds is 5. The number of nitrogens with zero attached hydrogens (tertiary/aromatic N) is 3. The first-order valence-electron chi connectivity index (χ1n) is 9.07. The molecule has 1 aliphatic carbocycles. The zero-order valence-electron chi connectivity index (χ0n) is 15.0. The van der Waals surface area contributed by atoms with Gasteiger partial charge in [-0.3, -0.25) is 5.10 Å². The Labute approximate surface area is 161 Å². The van der Waals surface area contributed by atoms with Gasteiger partial charge in [0.25, 0.3) is 0 Å². The summed E-state index contributed by atoms with van der Waals surface area (Å²) in [5.74, 6) is 0.783. The zero-order chi connectivity index (χ0) is 19.7. The fourth-order valence-electron chi connectivity index (χ4n) is 3.78. The molecule has 28 heavy (non-hydrogen) atoms. The minimum absolute atomic E-state index is 0.00319. The molecule has 2 heterocycles. The van der Waals surface area contributed by atoms with Gasteiger partial charge < -0.3 is 4.74 Å². The SMILES string of the molecule is O=S(=O)(C1=Cc2ccc(OC(F)F)cc2CC1)N1CCC[C@H](c2ncn[nH]2)C1. The molecule has 7 nitrogen and oxygen atoms in total. The standard InChI is InChI=1S/C18H20F2N4O3S/c19-18(20)27-15-5-3-13-9-16(6-4-12(13)8-15)28(25,26)24-7-1-2-14(10-24)17-21-11-22-23-17/h3,5,8-9,11,14,18H,1-2,4,6-7,10H2,(H,21,22,23)/t14-/m0/s1. The Morgan fingerprint density at radius 3 is 2.89 bits per heavy atom. The van der Waals surface area contributed by atoms with Crippen molar-refractivity contribution in [3.05, 3.63) is 46.4 Å². The Kier molecular flexibility index (Phi) is 5.15. The number of halogens is 2. The van der Waals surface area contributed by atoms with Crippen LogP contribution < -0.4 is 4.74 Å². The largest absolute Gasteiger partial charge is 0.435 e. The maximum Gasteiger partial charge on any atom is 0.387 e. The van der Waals surface area contributed by atoms with Crippen LogP contribution in [0.3, 0.4) is 0 Å². The first-order chi connectivity index (χ1) is 13.4. The van der Waals surface area contributed by atoms with Crippen molar-refractivity contribution in [1.29, 1.82) is 0 Å². The van der Waals surface area contributed by atoms with Gasteiger partial charge in [-0.15, -0.1) is 0 Å². The van der Waals surface area contributed by atoms with Gasteiger partial charge in [-0.25, -0.2) is 13.4 Å². The van der Waals surface area contributed by atoms with Gasteiger partial charge >= 0.3 is 6.61 Å². The van der Waals surface area contributed by atoms with Crippen LogP contribution >= 0.6 is 0 Å². The van der Waals surface area contributed by atoms with Crippen LogP contribution in [0, 0.1) is 0 Å². The number of alkyl halides is 2. The number of aromatic amines is 1. The third-order valence-corrected chi connectivity index (χ3v) is 7.17. The highest BCUT2D eigenvalue weighted by molar-refractivity contribution is 7.93. The summed E-state index contributed by atoms with van der Waals surface area (Å²) < 4.78 is 57.0. The summed E-state index contributed by atoms with van der Waals surface area (Å²) in [6, 6.07) is 4.59. The second-order valence-corrected chi connectivity index (χ2v) is 8.91. The van der Waals surface area contributed by atoms with Crippen LogP contribution in [0.1, 0.15) is 42.1 Å². The molecule has 1 fully saturated rings. The summed E-state index contributed by atoms with van der Waals surface area (Å²) in [7, 11) is -3.60. The molecule has 1 aliphatic heterocycles. The smallest absolute Gasteiger partial charge is 0.387 e. The summed E-state index contributed by atoms with van der Waals surface area (Å²) in [4.78, 5) is 4.51. The van der Waals surface area contributed by atoms with Crippen LogP contribution in [0.2, 0.25) is 0 Å². The monoisotopic (exact) mass is 410 g/mol. The molecule has 1 aromatic carbocycles. The molecule has 10 heteroatoms. The van der Waals surface area contributed by atoms with Gasteiger partial charge in [-0.05, 0) is 55.0 Å². The predicted molar refractivity (Wildman–Crippen MR) is 98.2 cm³/mol. The third kappa shape index (κ3) is 3.79. The molecule has 0 bridgehead atoms. The van der Waals surface area contributed by atoms with Crippen LogP contribution in [0.15, 0.2) is 29.4 Å². The minimum atomic E-state index is -3.60. The fourth-order valence-corrected chi connectivity index (χ4v) is 5.50. The number of fused-ring (bicyclic) bond motifs is 1. The third-order valence-electron chi connectivity index (χ3n) is 5.17. The van der Waals surface area contributed by atoms with Crippen molar-refractivity contribution >= 4 is 16.1 Å². The molecule has 1 atom stereocenters. The Morgan fingerprint density at radius 2 is 2.14 bits per heavy atom. The highest BCUT2D eigenvalue weighted by Crippen LogP contribution is 2.34. The van der Waals surface area contributed by atoms with Crippen molar-refractivity contribution in [2.24, 2.45) is 0 Å². The second kappa shape index (κ2) is 7.59. The van der Waals surface area contributed by atoms with Crippen molar-refractivity contribution in [3.8, 4) is 5.75 Å². The summed E-state index contributed by atoms with van der Waals surface area (Å²) in [5, 5.41) is 6.68. The number of aromatic nitrogens is 3. The second-order valence-electron chi connectivity index (χ2n) is 6.92. The molecule has 0 radical (unpaired) electrons. The molecule has 2 aliphatic rings. The van der Waals surface area contributed by atoms with Gasteiger partial charge in [0.05, 0.1) is 4.91 Å². The molecule has 1 saturated heterocycles. The van der Waals surface area contributed by atoms with E-state index in [4.69, 9.17) is 0 Å². The van der Waals surface area contributed by atoms with E-state index < -0.39 is 16.6 Å². The molecule has 1 N–H and O–H groups in total. The number of benzene rings is 1. The van der Waals surface area contributed by atoms with Gasteiger partial charge in [0, 0.05) is 19.0 Å². The molecule has 2 aromatic rings. The van der Waals surface area contributed by atoms with E-state index in [9.17, 15) is 17.2 Å². The quantitative estimate of drug-likeness (QED) is 0.819. The van der Waals surface area contributed by atoms with Gasteiger partial charge in [0.2, 0.25) is 10.0 Å². The van der Waals surface area contributed by atoms with Crippen LogP contribution in [-0.2, 0) is 16.4 Å². The Morgan fingerprint density at radius 1 is 1.29 bits per heavy atom. The summed E-state index contributed by atoms with van der Waals surface area (Å²) in [6.07, 6.45) is 5.46. The van der Waals surface area contributed by atoms with E-state index >= 15 is 0 Å². The van der Waals surface area contributed by atoms with Crippen LogP contribution in [-0.4, -0.2) is 47.6 Å². The number of H-pyrrole nitrogens is 1. The average Bonchev–Trinajstić information content (AvgIpc) is 3.22. The van der Waals surface area contributed by atoms with Crippen LogP contribution in [0.4, 0.5) is 8.78 Å². The van der Waals surface area contributed by atoms with Gasteiger partial charge in [-0.2, -0.15) is 18.2 Å². The molecule has 4 rings (SSSR count). The molecule has 0 unspecified atom stereocenters. The van der Waals surface area contributed by atoms with E-state index in [1.807, 2.05) is 0 Å². The lowest BCUT2D eigenvalue weighted by Gasteiger charge is -2.32. The van der Waals surface area contributed by atoms with Gasteiger partial charge in [0.15, 0.2) is 0 Å². The molecule has 0 amide bonds. The molecular weight excluding hydrogens is 390 g/mol. The zero-order valence-corrected chi connectivity index (χ0v) is 15.8. The number of hydrogen-bond donors (Lipinski definition) is 1. The summed E-state index contributed by atoms with van der Waals surface area (Å²) in [6.45, 7) is -2.05. The number of allylic oxidation sites excluding steroid dienone is 1. The summed E-state index contributed by atoms with van der Waals surface area (Å²) >= 11 is 0. The normalized spacial score (nSPS) is 20.7. The Bertz CT molecular complexity index is 977. The fraction of sp³-hybridized carbons (Fsp3) is 0.444. The lowest BCUT2D eigenvalue weighted by atomic mass is 9.97. The molecular formula is C18H20F2N4O3S. The van der Waals surface area contributed by atoms with Crippen molar-refractivity contribution in [3.63, 3.8) is 0 Å². The van der Waals surface area contributed by atoms with Crippen LogP contribution in [0.25, 0.3) is 6.08 Å². The van der Waals surface area contributed by atoms with Crippen molar-refractivity contribution < 1.29 is 21.9 Å². The van der Waals surface area contributed by atoms with Crippen molar-refractivity contribution in [2.45, 2.75) is 38.2 Å². The van der Waals surface area contributed by atoms with E-state index in [0.29, 0.717) is 36.7 Å². The first kappa shape index (κ1) is 19.0. The van der Waals surface area contributed by atoms with E-state index in [-0.39, 0.29) is 11.7 Å². The maximum absolute atomic E-state index is 13.2. The van der Waals surface area contributed by atoms with E-state index in [0.717, 1.165) is 24.0 Å². The lowest BCUT2D eigenvalue weighted by Crippen LogP contribution is -2.40. The van der Waals surface area contributed by atoms with Gasteiger partial charge in [0.1, 0.15) is 17.9 Å². The van der Waals surface area contributed by atoms with E-state index in [2.05, 4.69) is 19.9 Å². The molecule has 150 valence electrons. The van der Waals surface area contributed by atoms with E-state index in [1.165, 1.54) is 16.7 Å². The summed E-state index contributed by atoms with van der Waals surface area (Å²) in [5.41, 5.74) is 1.52. The van der Waals surface area contributed by atoms with Crippen LogP contribution in [0.5, 0.6) is 5.75 Å². The highest BCUT2D eigenvalue weighted by Gasteiger charge is 2.34. The Hall–Kier alpha value is -2.33. The highest BCUT2D eigenvalue weighted by atomic mass is 32.2. The average molecular weight is 410 g/mol. The minimum Gasteiger partial charge on any atom is -0.435 e. The number of piperidine rings is 1. The molecule has 0 spiro atoms. The molecule has 0 saturated carbocycles. The maximum atomic E-state index is 13.2. The topological polar surface area (TPSA) is 88.2 Å². The molecule has 1 aromatic heterocycles.